The summed E-state index contributed by atoms with van der Waals surface area (Å²) in [4.78, 5) is 14.9. The van der Waals surface area contributed by atoms with E-state index in [9.17, 15) is 0 Å². The van der Waals surface area contributed by atoms with Crippen LogP contribution in [0, 0.1) is 5.41 Å². The van der Waals surface area contributed by atoms with E-state index in [1.807, 2.05) is 0 Å². The van der Waals surface area contributed by atoms with Crippen LogP contribution in [-0.4, -0.2) is 34.6 Å². The molecule has 1 fully saturated rings. The molecule has 5 nitrogen and oxygen atoms in total. The topological polar surface area (TPSA) is 53.9 Å². The van der Waals surface area contributed by atoms with Crippen LogP contribution in [-0.2, 0) is 0 Å². The second kappa shape index (κ2) is 6.57. The van der Waals surface area contributed by atoms with E-state index in [1.54, 1.807) is 0 Å². The highest BCUT2D eigenvalue weighted by molar-refractivity contribution is 6.28. The summed E-state index contributed by atoms with van der Waals surface area (Å²) in [6.07, 6.45) is 5.17. The quantitative estimate of drug-likeness (QED) is 0.872. The molecule has 0 unspecified atom stereocenters. The molecule has 112 valence electrons. The monoisotopic (exact) mass is 297 g/mol. The molecule has 0 radical (unpaired) electrons. The molecule has 2 rings (SSSR count). The van der Waals surface area contributed by atoms with Crippen molar-refractivity contribution in [2.75, 3.05) is 29.9 Å². The maximum atomic E-state index is 6.01. The van der Waals surface area contributed by atoms with Crippen molar-refractivity contribution in [1.29, 1.82) is 0 Å². The van der Waals surface area contributed by atoms with Crippen LogP contribution in [0.15, 0.2) is 0 Å². The maximum absolute atomic E-state index is 6.01. The van der Waals surface area contributed by atoms with Gasteiger partial charge in [0.15, 0.2) is 0 Å². The van der Waals surface area contributed by atoms with Gasteiger partial charge in [-0.25, -0.2) is 0 Å². The largest absolute Gasteiger partial charge is 0.353 e. The Labute approximate surface area is 126 Å². The Morgan fingerprint density at radius 3 is 2.40 bits per heavy atom. The second-order valence-corrected chi connectivity index (χ2v) is 6.11. The average molecular weight is 298 g/mol. The molecule has 20 heavy (non-hydrogen) atoms. The van der Waals surface area contributed by atoms with Crippen LogP contribution in [0.3, 0.4) is 0 Å². The Morgan fingerprint density at radius 2 is 1.80 bits per heavy atom. The third kappa shape index (κ3) is 3.72. The fourth-order valence-corrected chi connectivity index (χ4v) is 2.92. The lowest BCUT2D eigenvalue weighted by Crippen LogP contribution is -2.27. The van der Waals surface area contributed by atoms with Crippen molar-refractivity contribution in [3.63, 3.8) is 0 Å². The number of hydrogen-bond donors (Lipinski definition) is 1. The molecule has 0 bridgehead atoms. The molecule has 0 amide bonds. The van der Waals surface area contributed by atoms with Crippen LogP contribution in [0.2, 0.25) is 5.28 Å². The van der Waals surface area contributed by atoms with E-state index in [-0.39, 0.29) is 5.28 Å². The van der Waals surface area contributed by atoms with Gasteiger partial charge in [0.05, 0.1) is 0 Å². The summed E-state index contributed by atoms with van der Waals surface area (Å²) in [6, 6.07) is 0. The lowest BCUT2D eigenvalue weighted by Gasteiger charge is -2.24. The second-order valence-electron chi connectivity index (χ2n) is 5.77. The van der Waals surface area contributed by atoms with Crippen molar-refractivity contribution in [3.8, 4) is 0 Å². The van der Waals surface area contributed by atoms with Crippen LogP contribution >= 0.6 is 11.6 Å². The minimum atomic E-state index is 0.251. The van der Waals surface area contributed by atoms with E-state index < -0.39 is 0 Å². The molecule has 1 aliphatic rings. The molecule has 6 heteroatoms. The first-order valence-corrected chi connectivity index (χ1v) is 7.84. The Kier molecular flexibility index (Phi) is 5.02. The zero-order valence-electron chi connectivity index (χ0n) is 12.6. The Hall–Kier alpha value is -1.10. The van der Waals surface area contributed by atoms with E-state index in [2.05, 4.69) is 45.9 Å². The van der Waals surface area contributed by atoms with Crippen LogP contribution in [0.5, 0.6) is 0 Å². The number of nitrogens with zero attached hydrogens (tertiary/aromatic N) is 4. The fraction of sp³-hybridized carbons (Fsp3) is 0.786. The van der Waals surface area contributed by atoms with E-state index in [4.69, 9.17) is 11.6 Å². The van der Waals surface area contributed by atoms with Gasteiger partial charge in [0.25, 0.3) is 0 Å². The predicted octanol–water partition coefficient (Wildman–Crippen LogP) is 3.36. The predicted molar refractivity (Wildman–Crippen MR) is 83.5 cm³/mol. The number of hydrogen-bond acceptors (Lipinski definition) is 5. The van der Waals surface area contributed by atoms with Crippen molar-refractivity contribution >= 4 is 23.5 Å². The Bertz CT molecular complexity index is 441. The summed E-state index contributed by atoms with van der Waals surface area (Å²) in [5.74, 6) is 1.23. The highest BCUT2D eigenvalue weighted by Crippen LogP contribution is 2.37. The van der Waals surface area contributed by atoms with Gasteiger partial charge < -0.3 is 10.2 Å². The third-order valence-corrected chi connectivity index (χ3v) is 4.30. The SMILES string of the molecule is CCN(CC)c1nc(Cl)nc(NCC2(C)CCCC2)n1. The first kappa shape index (κ1) is 15.3. The van der Waals surface area contributed by atoms with E-state index in [1.165, 1.54) is 25.7 Å². The highest BCUT2D eigenvalue weighted by atomic mass is 35.5. The lowest BCUT2D eigenvalue weighted by molar-refractivity contribution is 0.361. The van der Waals surface area contributed by atoms with Crippen molar-refractivity contribution in [3.05, 3.63) is 5.28 Å². The van der Waals surface area contributed by atoms with Crippen LogP contribution in [0.1, 0.15) is 46.5 Å². The van der Waals surface area contributed by atoms with Crippen LogP contribution in [0.4, 0.5) is 11.9 Å². The maximum Gasteiger partial charge on any atom is 0.231 e. The van der Waals surface area contributed by atoms with Gasteiger partial charge in [0, 0.05) is 19.6 Å². The van der Waals surface area contributed by atoms with E-state index >= 15 is 0 Å². The van der Waals surface area contributed by atoms with E-state index in [0.29, 0.717) is 17.3 Å². The minimum absolute atomic E-state index is 0.251. The summed E-state index contributed by atoms with van der Waals surface area (Å²) in [7, 11) is 0. The third-order valence-electron chi connectivity index (χ3n) is 4.13. The molecule has 1 aromatic rings. The molecule has 0 saturated heterocycles. The van der Waals surface area contributed by atoms with Gasteiger partial charge in [-0.3, -0.25) is 0 Å². The zero-order chi connectivity index (χ0) is 14.6. The molecule has 1 saturated carbocycles. The molecule has 1 N–H and O–H groups in total. The molecule has 0 aliphatic heterocycles. The molecule has 1 heterocycles. The van der Waals surface area contributed by atoms with Gasteiger partial charge in [-0.1, -0.05) is 19.8 Å². The van der Waals surface area contributed by atoms with Gasteiger partial charge in [-0.05, 0) is 43.7 Å². The van der Waals surface area contributed by atoms with Crippen molar-refractivity contribution < 1.29 is 0 Å². The van der Waals surface area contributed by atoms with Crippen molar-refractivity contribution in [2.45, 2.75) is 46.5 Å². The number of rotatable bonds is 6. The summed E-state index contributed by atoms with van der Waals surface area (Å²) < 4.78 is 0. The molecule has 0 atom stereocenters. The Morgan fingerprint density at radius 1 is 1.15 bits per heavy atom. The molecular formula is C14H24ClN5. The average Bonchev–Trinajstić information content (AvgIpc) is 2.85. The lowest BCUT2D eigenvalue weighted by atomic mass is 9.89. The molecular weight excluding hydrogens is 274 g/mol. The van der Waals surface area contributed by atoms with Gasteiger partial charge >= 0.3 is 0 Å². The van der Waals surface area contributed by atoms with Crippen molar-refractivity contribution in [2.24, 2.45) is 5.41 Å². The molecule has 0 aromatic carbocycles. The first-order valence-electron chi connectivity index (χ1n) is 7.47. The van der Waals surface area contributed by atoms with E-state index in [0.717, 1.165) is 19.6 Å². The van der Waals surface area contributed by atoms with Gasteiger partial charge in [0.1, 0.15) is 0 Å². The Balaban J connectivity index is 2.07. The summed E-state index contributed by atoms with van der Waals surface area (Å²) in [6.45, 7) is 9.08. The van der Waals surface area contributed by atoms with Crippen LogP contribution in [0.25, 0.3) is 0 Å². The van der Waals surface area contributed by atoms with Crippen LogP contribution < -0.4 is 10.2 Å². The normalized spacial score (nSPS) is 17.2. The summed E-state index contributed by atoms with van der Waals surface area (Å²) in [5, 5.41) is 3.59. The number of aromatic nitrogens is 3. The van der Waals surface area contributed by atoms with Crippen molar-refractivity contribution in [1.82, 2.24) is 15.0 Å². The van der Waals surface area contributed by atoms with Gasteiger partial charge in [-0.15, -0.1) is 0 Å². The smallest absolute Gasteiger partial charge is 0.231 e. The fourth-order valence-electron chi connectivity index (χ4n) is 2.76. The number of nitrogens with one attached hydrogen (secondary N) is 1. The summed E-state index contributed by atoms with van der Waals surface area (Å²) >= 11 is 6.01. The van der Waals surface area contributed by atoms with Gasteiger partial charge in [-0.2, -0.15) is 15.0 Å². The highest BCUT2D eigenvalue weighted by Gasteiger charge is 2.28. The van der Waals surface area contributed by atoms with Gasteiger partial charge in [0.2, 0.25) is 17.2 Å². The molecule has 1 aliphatic carbocycles. The summed E-state index contributed by atoms with van der Waals surface area (Å²) in [5.41, 5.74) is 0.356. The molecule has 0 spiro atoms. The first-order chi connectivity index (χ1) is 9.56. The number of halogens is 1. The standard InChI is InChI=1S/C14H24ClN5/c1-4-20(5-2)13-18-11(15)17-12(19-13)16-10-14(3)8-6-7-9-14/h4-10H2,1-3H3,(H,16,17,18,19). The zero-order valence-corrected chi connectivity index (χ0v) is 13.4. The minimum Gasteiger partial charge on any atom is -0.353 e. The number of anilines is 2. The molecule has 1 aromatic heterocycles.